The van der Waals surface area contributed by atoms with E-state index < -0.39 is 22.0 Å². The van der Waals surface area contributed by atoms with Crippen LogP contribution in [0.2, 0.25) is 0 Å². The lowest BCUT2D eigenvalue weighted by Gasteiger charge is -2.39. The minimum atomic E-state index is -3.11. The lowest BCUT2D eigenvalue weighted by atomic mass is 9.97. The molecule has 2 bridgehead atoms. The minimum Gasteiger partial charge on any atom is -0.390 e. The van der Waals surface area contributed by atoms with Gasteiger partial charge in [-0.05, 0) is 51.7 Å². The Balaban J connectivity index is 1.31. The molecule has 1 unspecified atom stereocenters. The summed E-state index contributed by atoms with van der Waals surface area (Å²) in [5, 5.41) is 21.5. The molecule has 3 N–H and O–H groups in total. The third kappa shape index (κ3) is 5.88. The maximum Gasteiger partial charge on any atom is 0.414 e. The molecule has 0 spiro atoms. The Bertz CT molecular complexity index is 1100. The monoisotopic (exact) mass is 493 g/mol. The van der Waals surface area contributed by atoms with Gasteiger partial charge in [-0.3, -0.25) is 9.58 Å². The number of fused-ring (bicyclic) bond motifs is 3. The van der Waals surface area contributed by atoms with Gasteiger partial charge >= 0.3 is 6.09 Å². The highest BCUT2D eigenvalue weighted by atomic mass is 32.2. The number of hydrogen-bond acceptors (Lipinski definition) is 8. The quantitative estimate of drug-likeness (QED) is 0.482. The van der Waals surface area contributed by atoms with Crippen molar-refractivity contribution in [2.45, 2.75) is 69.8 Å². The lowest BCUT2D eigenvalue weighted by Crippen LogP contribution is -2.53. The number of aliphatic hydroxyl groups excluding tert-OH is 1. The molecular formula is C23H35N5O5S. The van der Waals surface area contributed by atoms with Gasteiger partial charge in [0, 0.05) is 43.5 Å². The number of benzene rings is 1. The van der Waals surface area contributed by atoms with Crippen LogP contribution in [0.25, 0.3) is 10.9 Å². The first-order chi connectivity index (χ1) is 16.1. The van der Waals surface area contributed by atoms with Gasteiger partial charge in [0.1, 0.15) is 0 Å². The molecule has 3 heterocycles. The number of para-hydroxylation sites is 1. The molecule has 2 saturated heterocycles. The molecule has 4 atom stereocenters. The molecule has 4 rings (SSSR count). The van der Waals surface area contributed by atoms with Gasteiger partial charge in [0.2, 0.25) is 0 Å². The zero-order valence-corrected chi connectivity index (χ0v) is 20.8. The van der Waals surface area contributed by atoms with E-state index in [0.29, 0.717) is 12.4 Å². The van der Waals surface area contributed by atoms with E-state index in [0.717, 1.165) is 42.8 Å². The van der Waals surface area contributed by atoms with Crippen LogP contribution in [0.5, 0.6) is 5.88 Å². The van der Waals surface area contributed by atoms with Gasteiger partial charge in [0.05, 0.1) is 22.9 Å². The number of aliphatic hydroxyl groups is 1. The summed E-state index contributed by atoms with van der Waals surface area (Å²) in [6.45, 7) is 4.78. The van der Waals surface area contributed by atoms with E-state index in [1.165, 1.54) is 0 Å². The summed E-state index contributed by atoms with van der Waals surface area (Å²) in [4.78, 5) is 15.0. The average Bonchev–Trinajstić information content (AvgIpc) is 3.21. The molecule has 2 aliphatic heterocycles. The van der Waals surface area contributed by atoms with Crippen molar-refractivity contribution in [1.82, 2.24) is 25.3 Å². The molecule has 1 amide bonds. The molecule has 1 aromatic carbocycles. The van der Waals surface area contributed by atoms with E-state index in [4.69, 9.17) is 4.74 Å². The van der Waals surface area contributed by atoms with Crippen molar-refractivity contribution in [2.75, 3.05) is 25.2 Å². The summed E-state index contributed by atoms with van der Waals surface area (Å²) in [6, 6.07) is 8.39. The summed E-state index contributed by atoms with van der Waals surface area (Å²) in [5.74, 6) is 0.169. The topological polar surface area (TPSA) is 126 Å². The fourth-order valence-corrected chi connectivity index (χ4v) is 5.71. The molecule has 188 valence electrons. The van der Waals surface area contributed by atoms with Crippen molar-refractivity contribution in [3.05, 3.63) is 24.3 Å². The number of aromatic nitrogens is 2. The zero-order valence-electron chi connectivity index (χ0n) is 20.0. The molecule has 34 heavy (non-hydrogen) atoms. The second kappa shape index (κ2) is 10.2. The Labute approximate surface area is 200 Å². The van der Waals surface area contributed by atoms with Gasteiger partial charge in [-0.15, -0.1) is 5.10 Å². The van der Waals surface area contributed by atoms with E-state index >= 15 is 0 Å². The summed E-state index contributed by atoms with van der Waals surface area (Å²) in [7, 11) is -3.11. The van der Waals surface area contributed by atoms with E-state index in [2.05, 4.69) is 20.6 Å². The molecule has 2 aliphatic rings. The van der Waals surface area contributed by atoms with Crippen LogP contribution in [0.1, 0.15) is 45.6 Å². The predicted octanol–water partition coefficient (Wildman–Crippen LogP) is 1.65. The van der Waals surface area contributed by atoms with E-state index in [1.54, 1.807) is 0 Å². The number of rotatable bonds is 9. The van der Waals surface area contributed by atoms with Crippen molar-refractivity contribution >= 4 is 26.8 Å². The Kier molecular flexibility index (Phi) is 7.46. The average molecular weight is 494 g/mol. The van der Waals surface area contributed by atoms with Crippen LogP contribution in [0.4, 0.5) is 4.79 Å². The first-order valence-electron chi connectivity index (χ1n) is 11.9. The second-order valence-corrected chi connectivity index (χ2v) is 12.0. The highest BCUT2D eigenvalue weighted by Gasteiger charge is 2.41. The van der Waals surface area contributed by atoms with Crippen molar-refractivity contribution < 1.29 is 23.1 Å². The molecule has 0 saturated carbocycles. The van der Waals surface area contributed by atoms with Crippen LogP contribution in [-0.2, 0) is 9.84 Å². The highest BCUT2D eigenvalue weighted by molar-refractivity contribution is 7.90. The largest absolute Gasteiger partial charge is 0.414 e. The standard InChI is InChI=1S/C23H35N5O5S/c1-15(2)28-21-7-5-4-6-20(21)22(26-28)33-23(30)25-16-10-17-8-9-18(11-16)27(17)13-19(29)12-24-14-34(3,31)32/h4-7,15-19,24,29H,8-14H2,1-3H3,(H,25,30)/t16-,17-,18+,19?. The highest BCUT2D eigenvalue weighted by Crippen LogP contribution is 2.36. The van der Waals surface area contributed by atoms with Crippen LogP contribution in [0.15, 0.2) is 24.3 Å². The fourth-order valence-electron chi connectivity index (χ4n) is 5.22. The van der Waals surface area contributed by atoms with Gasteiger partial charge < -0.3 is 20.5 Å². The maximum absolute atomic E-state index is 12.7. The van der Waals surface area contributed by atoms with E-state index in [9.17, 15) is 18.3 Å². The summed E-state index contributed by atoms with van der Waals surface area (Å²) in [5.41, 5.74) is 0.927. The van der Waals surface area contributed by atoms with Crippen LogP contribution in [0, 0.1) is 0 Å². The molecule has 0 aliphatic carbocycles. The summed E-state index contributed by atoms with van der Waals surface area (Å²) in [6.07, 6.45) is 3.63. The van der Waals surface area contributed by atoms with E-state index in [-0.39, 0.29) is 36.6 Å². The van der Waals surface area contributed by atoms with Gasteiger partial charge in [-0.25, -0.2) is 13.2 Å². The minimum absolute atomic E-state index is 0.000186. The van der Waals surface area contributed by atoms with Gasteiger partial charge in [-0.1, -0.05) is 12.1 Å². The molecule has 2 aromatic rings. The summed E-state index contributed by atoms with van der Waals surface area (Å²) >= 11 is 0. The number of sulfone groups is 1. The third-order valence-corrected chi connectivity index (χ3v) is 7.36. The van der Waals surface area contributed by atoms with Crippen molar-refractivity contribution in [1.29, 1.82) is 0 Å². The zero-order chi connectivity index (χ0) is 24.5. The number of amides is 1. The molecule has 0 radical (unpaired) electrons. The molecule has 11 heteroatoms. The predicted molar refractivity (Wildman–Crippen MR) is 130 cm³/mol. The van der Waals surface area contributed by atoms with Crippen molar-refractivity contribution in [2.24, 2.45) is 0 Å². The Morgan fingerprint density at radius 3 is 2.56 bits per heavy atom. The SMILES string of the molecule is CC(C)n1nc(OC(=O)N[C@@H]2C[C@H]3CC[C@@H](C2)N3CC(O)CNCS(C)(=O)=O)c2ccccc21. The number of carbonyl (C=O) groups is 1. The normalized spacial score (nSPS) is 24.0. The van der Waals surface area contributed by atoms with E-state index in [1.807, 2.05) is 42.8 Å². The molecule has 2 fully saturated rings. The first kappa shape index (κ1) is 24.9. The maximum atomic E-state index is 12.7. The Hall–Kier alpha value is -2.21. The Morgan fingerprint density at radius 1 is 1.24 bits per heavy atom. The van der Waals surface area contributed by atoms with Gasteiger partial charge in [-0.2, -0.15) is 0 Å². The van der Waals surface area contributed by atoms with Crippen molar-refractivity contribution in [3.8, 4) is 5.88 Å². The summed E-state index contributed by atoms with van der Waals surface area (Å²) < 4.78 is 30.0. The molecule has 10 nitrogen and oxygen atoms in total. The first-order valence-corrected chi connectivity index (χ1v) is 13.9. The Morgan fingerprint density at radius 2 is 1.91 bits per heavy atom. The lowest BCUT2D eigenvalue weighted by molar-refractivity contribution is 0.0530. The number of ether oxygens (including phenoxy) is 1. The number of carbonyl (C=O) groups excluding carboxylic acids is 1. The van der Waals surface area contributed by atoms with Crippen LogP contribution >= 0.6 is 0 Å². The van der Waals surface area contributed by atoms with Crippen LogP contribution in [0.3, 0.4) is 0 Å². The second-order valence-electron chi connectivity index (χ2n) is 9.82. The number of hydrogen-bond donors (Lipinski definition) is 3. The number of nitrogens with zero attached hydrogens (tertiary/aromatic N) is 3. The smallest absolute Gasteiger partial charge is 0.390 e. The van der Waals surface area contributed by atoms with Gasteiger partial charge in [0.25, 0.3) is 5.88 Å². The van der Waals surface area contributed by atoms with Crippen LogP contribution < -0.4 is 15.4 Å². The number of piperidine rings is 1. The van der Waals surface area contributed by atoms with Gasteiger partial charge in [0.15, 0.2) is 9.84 Å². The van der Waals surface area contributed by atoms with Crippen LogP contribution in [-0.4, -0.2) is 83.7 Å². The molecule has 1 aromatic heterocycles. The van der Waals surface area contributed by atoms with Crippen molar-refractivity contribution in [3.63, 3.8) is 0 Å². The molecular weight excluding hydrogens is 458 g/mol. The third-order valence-electron chi connectivity index (χ3n) is 6.63. The number of nitrogens with one attached hydrogen (secondary N) is 2. The fraction of sp³-hybridized carbons (Fsp3) is 0.652.